The van der Waals surface area contributed by atoms with Crippen LogP contribution in [0.25, 0.3) is 0 Å². The molecule has 0 radical (unpaired) electrons. The van der Waals surface area contributed by atoms with Gasteiger partial charge in [0.05, 0.1) is 13.0 Å². The molecule has 0 aromatic heterocycles. The van der Waals surface area contributed by atoms with Crippen LogP contribution in [0.15, 0.2) is 30.3 Å². The Balaban J connectivity index is 1.56. The first kappa shape index (κ1) is 20.6. The number of hydrogen-bond donors (Lipinski definition) is 2. The molecule has 2 heterocycles. The highest BCUT2D eigenvalue weighted by Crippen LogP contribution is 2.55. The lowest BCUT2D eigenvalue weighted by molar-refractivity contribution is -0.203. The lowest BCUT2D eigenvalue weighted by Gasteiger charge is -2.42. The van der Waals surface area contributed by atoms with Gasteiger partial charge in [0.15, 0.2) is 0 Å². The summed E-state index contributed by atoms with van der Waals surface area (Å²) in [5.41, 5.74) is 2.68. The van der Waals surface area contributed by atoms with Crippen LogP contribution in [0.2, 0.25) is 0 Å². The van der Waals surface area contributed by atoms with Crippen LogP contribution in [-0.2, 0) is 19.2 Å². The van der Waals surface area contributed by atoms with E-state index in [1.54, 1.807) is 10.4 Å². The number of hydroxylamine groups is 3. The van der Waals surface area contributed by atoms with Gasteiger partial charge < -0.3 is 14.5 Å². The van der Waals surface area contributed by atoms with E-state index in [0.29, 0.717) is 26.1 Å². The third kappa shape index (κ3) is 3.99. The van der Waals surface area contributed by atoms with Crippen molar-refractivity contribution in [3.63, 3.8) is 0 Å². The molecule has 3 fully saturated rings. The number of methoxy groups -OCH3 is 1. The Labute approximate surface area is 174 Å². The van der Waals surface area contributed by atoms with Gasteiger partial charge in [-0.25, -0.2) is 10.3 Å². The molecule has 0 unspecified atom stereocenters. The molecular weight excluding hydrogens is 390 g/mol. The molecule has 3 atom stereocenters. The van der Waals surface area contributed by atoms with Crippen molar-refractivity contribution in [3.8, 4) is 0 Å². The van der Waals surface area contributed by atoms with Crippen LogP contribution in [0.1, 0.15) is 37.2 Å². The molecule has 9 heteroatoms. The van der Waals surface area contributed by atoms with Crippen LogP contribution < -0.4 is 5.48 Å². The average molecular weight is 417 g/mol. The Kier molecular flexibility index (Phi) is 5.66. The lowest BCUT2D eigenvalue weighted by atomic mass is 9.81. The van der Waals surface area contributed by atoms with Crippen molar-refractivity contribution in [2.75, 3.05) is 26.7 Å². The topological polar surface area (TPSA) is 108 Å². The second-order valence-electron chi connectivity index (χ2n) is 8.53. The summed E-state index contributed by atoms with van der Waals surface area (Å²) >= 11 is 0. The number of piperidine rings is 1. The van der Waals surface area contributed by atoms with Gasteiger partial charge in [-0.05, 0) is 36.7 Å². The largest absolute Gasteiger partial charge is 0.527 e. The minimum absolute atomic E-state index is 0.181. The molecule has 2 saturated heterocycles. The minimum Gasteiger partial charge on any atom is -0.436 e. The van der Waals surface area contributed by atoms with Gasteiger partial charge in [0.25, 0.3) is 0 Å². The number of benzene rings is 1. The van der Waals surface area contributed by atoms with E-state index in [2.05, 4.69) is 4.74 Å². The second-order valence-corrected chi connectivity index (χ2v) is 8.53. The highest BCUT2D eigenvalue weighted by molar-refractivity contribution is 5.90. The normalized spacial score (nSPS) is 27.5. The zero-order valence-corrected chi connectivity index (χ0v) is 17.0. The van der Waals surface area contributed by atoms with E-state index in [9.17, 15) is 19.6 Å². The first-order valence-corrected chi connectivity index (χ1v) is 10.3. The van der Waals surface area contributed by atoms with E-state index in [1.807, 2.05) is 30.3 Å². The van der Waals surface area contributed by atoms with E-state index in [4.69, 9.17) is 4.84 Å². The number of nitrogens with one attached hydrogen (secondary N) is 1. The molecular formula is C21H27N3O6. The number of carbonyl (C=O) groups is 3. The van der Waals surface area contributed by atoms with Crippen molar-refractivity contribution in [3.05, 3.63) is 35.9 Å². The zero-order valence-electron chi connectivity index (χ0n) is 17.0. The fourth-order valence-corrected chi connectivity index (χ4v) is 4.79. The molecule has 1 aromatic rings. The van der Waals surface area contributed by atoms with E-state index in [1.165, 1.54) is 17.7 Å². The van der Waals surface area contributed by atoms with Crippen molar-refractivity contribution in [2.45, 2.75) is 37.6 Å². The smallest absolute Gasteiger partial charge is 0.436 e. The Hall–Kier alpha value is -2.65. The van der Waals surface area contributed by atoms with Gasteiger partial charge >= 0.3 is 6.16 Å². The highest BCUT2D eigenvalue weighted by Gasteiger charge is 2.57. The molecule has 2 amide bonds. The standard InChI is InChI=1S/C21H27N3O6/c1-29-20(27)30-24-13-21(8-9-21)11-16(18(25)22-28)17(24)19(26)23-10-7-15(12-23)14-5-3-2-4-6-14/h2-6,15-17,28H,7-13H2,1H3,(H,22,25)/t15-,16-,17-/m0/s1. The summed E-state index contributed by atoms with van der Waals surface area (Å²) in [6, 6.07) is 9.00. The van der Waals surface area contributed by atoms with Crippen molar-refractivity contribution < 1.29 is 29.2 Å². The molecule has 9 nitrogen and oxygen atoms in total. The molecule has 2 aliphatic heterocycles. The highest BCUT2D eigenvalue weighted by atomic mass is 16.8. The third-order valence-corrected chi connectivity index (χ3v) is 6.62. The molecule has 0 bridgehead atoms. The minimum atomic E-state index is -1.00. The Morgan fingerprint density at radius 1 is 1.20 bits per heavy atom. The van der Waals surface area contributed by atoms with Crippen LogP contribution in [0.4, 0.5) is 4.79 Å². The molecule has 30 heavy (non-hydrogen) atoms. The monoisotopic (exact) mass is 417 g/mol. The summed E-state index contributed by atoms with van der Waals surface area (Å²) in [5, 5.41) is 10.6. The van der Waals surface area contributed by atoms with E-state index in [0.717, 1.165) is 19.3 Å². The van der Waals surface area contributed by atoms with Gasteiger partial charge in [-0.15, -0.1) is 5.06 Å². The molecule has 4 rings (SSSR count). The SMILES string of the molecule is COC(=O)ON1CC2(CC2)C[C@H](C(=O)NO)[C@H]1C(=O)N1CC[C@H](c2ccccc2)C1. The maximum absolute atomic E-state index is 13.5. The number of rotatable bonds is 4. The lowest BCUT2D eigenvalue weighted by Crippen LogP contribution is -2.60. The fourth-order valence-electron chi connectivity index (χ4n) is 4.79. The van der Waals surface area contributed by atoms with Crippen molar-refractivity contribution in [2.24, 2.45) is 11.3 Å². The Bertz CT molecular complexity index is 812. The number of likely N-dealkylation sites (tertiary alicyclic amines) is 1. The number of hydrogen-bond acceptors (Lipinski definition) is 7. The molecule has 1 saturated carbocycles. The molecule has 1 aromatic carbocycles. The van der Waals surface area contributed by atoms with Gasteiger partial charge in [-0.1, -0.05) is 30.3 Å². The summed E-state index contributed by atoms with van der Waals surface area (Å²) in [7, 11) is 1.19. The molecule has 162 valence electrons. The summed E-state index contributed by atoms with van der Waals surface area (Å²) in [6.07, 6.45) is 2.11. The van der Waals surface area contributed by atoms with Gasteiger partial charge in [0, 0.05) is 25.6 Å². The third-order valence-electron chi connectivity index (χ3n) is 6.62. The van der Waals surface area contributed by atoms with Crippen LogP contribution in [0.5, 0.6) is 0 Å². The quantitative estimate of drug-likeness (QED) is 0.436. The predicted molar refractivity (Wildman–Crippen MR) is 104 cm³/mol. The van der Waals surface area contributed by atoms with E-state index < -0.39 is 24.0 Å². The predicted octanol–water partition coefficient (Wildman–Crippen LogP) is 1.68. The van der Waals surface area contributed by atoms with Crippen LogP contribution in [0, 0.1) is 11.3 Å². The molecule has 2 N–H and O–H groups in total. The first-order chi connectivity index (χ1) is 14.5. The Morgan fingerprint density at radius 3 is 2.57 bits per heavy atom. The molecule has 1 spiro atoms. The van der Waals surface area contributed by atoms with E-state index >= 15 is 0 Å². The van der Waals surface area contributed by atoms with Gasteiger partial charge in [0.2, 0.25) is 11.8 Å². The van der Waals surface area contributed by atoms with Crippen LogP contribution in [0.3, 0.4) is 0 Å². The van der Waals surface area contributed by atoms with Crippen LogP contribution in [-0.4, -0.2) is 65.9 Å². The van der Waals surface area contributed by atoms with E-state index in [-0.39, 0.29) is 17.2 Å². The van der Waals surface area contributed by atoms with Crippen LogP contribution >= 0.6 is 0 Å². The Morgan fingerprint density at radius 2 is 1.93 bits per heavy atom. The summed E-state index contributed by atoms with van der Waals surface area (Å²) < 4.78 is 4.61. The number of carbonyl (C=O) groups excluding carboxylic acids is 3. The number of ether oxygens (including phenoxy) is 1. The summed E-state index contributed by atoms with van der Waals surface area (Å²) in [4.78, 5) is 44.8. The molecule has 3 aliphatic rings. The fraction of sp³-hybridized carbons (Fsp3) is 0.571. The van der Waals surface area contributed by atoms with Gasteiger partial charge in [0.1, 0.15) is 6.04 Å². The van der Waals surface area contributed by atoms with Crippen molar-refractivity contribution in [1.29, 1.82) is 0 Å². The first-order valence-electron chi connectivity index (χ1n) is 10.3. The maximum Gasteiger partial charge on any atom is 0.527 e. The van der Waals surface area contributed by atoms with Crippen molar-refractivity contribution >= 4 is 18.0 Å². The van der Waals surface area contributed by atoms with Crippen molar-refractivity contribution in [1.82, 2.24) is 15.4 Å². The molecule has 1 aliphatic carbocycles. The maximum atomic E-state index is 13.5. The number of nitrogens with zero attached hydrogens (tertiary/aromatic N) is 2. The second kappa shape index (κ2) is 8.23. The van der Waals surface area contributed by atoms with Gasteiger partial charge in [-0.2, -0.15) is 0 Å². The zero-order chi connectivity index (χ0) is 21.3. The average Bonchev–Trinajstić information content (AvgIpc) is 3.32. The van der Waals surface area contributed by atoms with Gasteiger partial charge in [-0.3, -0.25) is 14.8 Å². The number of amides is 2. The summed E-state index contributed by atoms with van der Waals surface area (Å²) in [6.45, 7) is 1.45. The summed E-state index contributed by atoms with van der Waals surface area (Å²) in [5.74, 6) is -1.52.